The van der Waals surface area contributed by atoms with E-state index in [9.17, 15) is 9.59 Å². The van der Waals surface area contributed by atoms with Crippen LogP contribution in [0.15, 0.2) is 0 Å². The van der Waals surface area contributed by atoms with Gasteiger partial charge in [-0.3, -0.25) is 9.59 Å². The van der Waals surface area contributed by atoms with Crippen LogP contribution in [0.5, 0.6) is 0 Å². The standard InChI is InChI=1S/C14H26O4/c1-10(11(15)17-8-13(2,3)4)12(16)18-9-14(5,6)7/h10H,8-9H2,1-7H3. The summed E-state index contributed by atoms with van der Waals surface area (Å²) in [4.78, 5) is 23.3. The van der Waals surface area contributed by atoms with Gasteiger partial charge in [0.2, 0.25) is 0 Å². The molecule has 4 nitrogen and oxygen atoms in total. The van der Waals surface area contributed by atoms with Crippen molar-refractivity contribution in [2.75, 3.05) is 13.2 Å². The number of esters is 2. The highest BCUT2D eigenvalue weighted by molar-refractivity contribution is 5.94. The molecule has 0 aromatic rings. The van der Waals surface area contributed by atoms with Gasteiger partial charge >= 0.3 is 11.9 Å². The molecular weight excluding hydrogens is 232 g/mol. The van der Waals surface area contributed by atoms with Gasteiger partial charge in [0, 0.05) is 0 Å². The number of hydrogen-bond acceptors (Lipinski definition) is 4. The molecular formula is C14H26O4. The van der Waals surface area contributed by atoms with Gasteiger partial charge in [0.25, 0.3) is 0 Å². The molecule has 0 bridgehead atoms. The summed E-state index contributed by atoms with van der Waals surface area (Å²) < 4.78 is 10.2. The Morgan fingerprint density at radius 1 is 0.833 bits per heavy atom. The molecule has 0 aliphatic carbocycles. The molecule has 0 fully saturated rings. The first-order chi connectivity index (χ1) is 7.92. The molecule has 4 heteroatoms. The van der Waals surface area contributed by atoms with Crippen LogP contribution in [0.1, 0.15) is 48.5 Å². The summed E-state index contributed by atoms with van der Waals surface area (Å²) in [7, 11) is 0. The first kappa shape index (κ1) is 16.9. The maximum absolute atomic E-state index is 11.6. The number of rotatable bonds is 4. The Bertz CT molecular complexity index is 264. The Balaban J connectivity index is 4.17. The normalized spacial score (nSPS) is 12.4. The summed E-state index contributed by atoms with van der Waals surface area (Å²) in [5, 5.41) is 0. The maximum atomic E-state index is 11.6. The third-order valence-corrected chi connectivity index (χ3v) is 2.00. The van der Waals surface area contributed by atoms with Crippen LogP contribution in [-0.4, -0.2) is 25.2 Å². The van der Waals surface area contributed by atoms with E-state index < -0.39 is 17.9 Å². The third-order valence-electron chi connectivity index (χ3n) is 2.00. The van der Waals surface area contributed by atoms with Crippen LogP contribution in [0.2, 0.25) is 0 Å². The van der Waals surface area contributed by atoms with Gasteiger partial charge in [0.15, 0.2) is 5.92 Å². The van der Waals surface area contributed by atoms with Crippen molar-refractivity contribution in [1.29, 1.82) is 0 Å². The molecule has 0 heterocycles. The summed E-state index contributed by atoms with van der Waals surface area (Å²) in [6.07, 6.45) is 0. The minimum absolute atomic E-state index is 0.106. The van der Waals surface area contributed by atoms with Crippen LogP contribution in [-0.2, 0) is 19.1 Å². The SMILES string of the molecule is CC(C(=O)OCC(C)(C)C)C(=O)OCC(C)(C)C. The van der Waals surface area contributed by atoms with Gasteiger partial charge in [-0.15, -0.1) is 0 Å². The summed E-state index contributed by atoms with van der Waals surface area (Å²) >= 11 is 0. The second kappa shape index (κ2) is 6.21. The van der Waals surface area contributed by atoms with E-state index in [0.717, 1.165) is 0 Å². The van der Waals surface area contributed by atoms with E-state index in [1.54, 1.807) is 0 Å². The summed E-state index contributed by atoms with van der Waals surface area (Å²) in [6, 6.07) is 0. The van der Waals surface area contributed by atoms with Crippen molar-refractivity contribution in [3.63, 3.8) is 0 Å². The van der Waals surface area contributed by atoms with E-state index in [2.05, 4.69) is 0 Å². The second-order valence-electron chi connectivity index (χ2n) is 7.06. The average Bonchev–Trinajstić information content (AvgIpc) is 2.19. The van der Waals surface area contributed by atoms with E-state index in [1.165, 1.54) is 6.92 Å². The molecule has 0 atom stereocenters. The number of hydrogen-bond donors (Lipinski definition) is 0. The lowest BCUT2D eigenvalue weighted by atomic mass is 9.98. The topological polar surface area (TPSA) is 52.6 Å². The maximum Gasteiger partial charge on any atom is 0.320 e. The van der Waals surface area contributed by atoms with E-state index >= 15 is 0 Å². The fourth-order valence-electron chi connectivity index (χ4n) is 0.921. The molecule has 0 aromatic carbocycles. The number of carbonyl (C=O) groups is 2. The third kappa shape index (κ3) is 8.09. The van der Waals surface area contributed by atoms with Crippen molar-refractivity contribution in [3.05, 3.63) is 0 Å². The van der Waals surface area contributed by atoms with E-state index in [0.29, 0.717) is 13.2 Å². The Labute approximate surface area is 110 Å². The molecule has 106 valence electrons. The second-order valence-corrected chi connectivity index (χ2v) is 7.06. The highest BCUT2D eigenvalue weighted by atomic mass is 16.6. The monoisotopic (exact) mass is 258 g/mol. The van der Waals surface area contributed by atoms with Crippen LogP contribution >= 0.6 is 0 Å². The van der Waals surface area contributed by atoms with Gasteiger partial charge in [0.05, 0.1) is 13.2 Å². The molecule has 0 saturated heterocycles. The van der Waals surface area contributed by atoms with Crippen LogP contribution in [0.4, 0.5) is 0 Å². The van der Waals surface area contributed by atoms with Crippen molar-refractivity contribution >= 4 is 11.9 Å². The van der Waals surface area contributed by atoms with Gasteiger partial charge in [-0.05, 0) is 17.8 Å². The quantitative estimate of drug-likeness (QED) is 0.574. The number of carbonyl (C=O) groups excluding carboxylic acids is 2. The zero-order chi connectivity index (χ0) is 14.6. The van der Waals surface area contributed by atoms with Crippen LogP contribution < -0.4 is 0 Å². The van der Waals surface area contributed by atoms with E-state index in [-0.39, 0.29) is 10.8 Å². The van der Waals surface area contributed by atoms with Gasteiger partial charge in [-0.1, -0.05) is 41.5 Å². The van der Waals surface area contributed by atoms with Gasteiger partial charge in [0.1, 0.15) is 0 Å². The van der Waals surface area contributed by atoms with Gasteiger partial charge in [-0.2, -0.15) is 0 Å². The molecule has 0 aromatic heterocycles. The van der Waals surface area contributed by atoms with Crippen molar-refractivity contribution < 1.29 is 19.1 Å². The fourth-order valence-corrected chi connectivity index (χ4v) is 0.921. The lowest BCUT2D eigenvalue weighted by Crippen LogP contribution is -2.30. The van der Waals surface area contributed by atoms with E-state index in [4.69, 9.17) is 9.47 Å². The summed E-state index contributed by atoms with van der Waals surface area (Å²) in [6.45, 7) is 13.9. The Hall–Kier alpha value is -1.06. The van der Waals surface area contributed by atoms with Crippen LogP contribution in [0.3, 0.4) is 0 Å². The largest absolute Gasteiger partial charge is 0.464 e. The molecule has 0 saturated carbocycles. The van der Waals surface area contributed by atoms with Crippen LogP contribution in [0, 0.1) is 16.7 Å². The molecule has 0 aliphatic rings. The Kier molecular flexibility index (Phi) is 5.84. The highest BCUT2D eigenvalue weighted by Gasteiger charge is 2.27. The Morgan fingerprint density at radius 3 is 1.33 bits per heavy atom. The zero-order valence-electron chi connectivity index (χ0n) is 12.6. The van der Waals surface area contributed by atoms with Gasteiger partial charge < -0.3 is 9.47 Å². The first-order valence-electron chi connectivity index (χ1n) is 6.26. The fraction of sp³-hybridized carbons (Fsp3) is 0.857. The summed E-state index contributed by atoms with van der Waals surface area (Å²) in [5.41, 5.74) is -0.213. The molecule has 0 rings (SSSR count). The molecule has 0 radical (unpaired) electrons. The molecule has 0 spiro atoms. The van der Waals surface area contributed by atoms with Crippen molar-refractivity contribution in [1.82, 2.24) is 0 Å². The predicted octanol–water partition coefficient (Wildman–Crippen LogP) is 2.80. The zero-order valence-corrected chi connectivity index (χ0v) is 12.6. The Morgan fingerprint density at radius 2 is 1.11 bits per heavy atom. The van der Waals surface area contributed by atoms with Crippen molar-refractivity contribution in [2.24, 2.45) is 16.7 Å². The smallest absolute Gasteiger partial charge is 0.320 e. The van der Waals surface area contributed by atoms with Crippen molar-refractivity contribution in [3.8, 4) is 0 Å². The van der Waals surface area contributed by atoms with E-state index in [1.807, 2.05) is 41.5 Å². The lowest BCUT2D eigenvalue weighted by Gasteiger charge is -2.21. The molecule has 0 aliphatic heterocycles. The van der Waals surface area contributed by atoms with Gasteiger partial charge in [-0.25, -0.2) is 0 Å². The highest BCUT2D eigenvalue weighted by Crippen LogP contribution is 2.16. The number of ether oxygens (including phenoxy) is 2. The van der Waals surface area contributed by atoms with Crippen LogP contribution in [0.25, 0.3) is 0 Å². The molecule has 0 unspecified atom stereocenters. The minimum Gasteiger partial charge on any atom is -0.464 e. The molecule has 0 N–H and O–H groups in total. The molecule has 18 heavy (non-hydrogen) atoms. The van der Waals surface area contributed by atoms with Crippen molar-refractivity contribution in [2.45, 2.75) is 48.5 Å². The first-order valence-corrected chi connectivity index (χ1v) is 6.26. The summed E-state index contributed by atoms with van der Waals surface area (Å²) in [5.74, 6) is -1.91. The lowest BCUT2D eigenvalue weighted by molar-refractivity contribution is -0.164. The molecule has 0 amide bonds. The minimum atomic E-state index is -0.866. The average molecular weight is 258 g/mol. The predicted molar refractivity (Wildman–Crippen MR) is 70.0 cm³/mol.